The summed E-state index contributed by atoms with van der Waals surface area (Å²) in [6.45, 7) is 1.28. The van der Waals surface area contributed by atoms with Crippen LogP contribution in [0.2, 0.25) is 0 Å². The Labute approximate surface area is 149 Å². The number of nitrogens with two attached hydrogens (primary N) is 1. The molecule has 1 aromatic heterocycles. The Morgan fingerprint density at radius 2 is 2.17 bits per heavy atom. The molecule has 0 aliphatic carbocycles. The summed E-state index contributed by atoms with van der Waals surface area (Å²) < 4.78 is 0. The average Bonchev–Trinajstić information content (AvgIpc) is 3.03. The zero-order valence-electron chi connectivity index (χ0n) is 13.1. The monoisotopic (exact) mass is 376 g/mol. The highest BCUT2D eigenvalue weighted by Crippen LogP contribution is 2.27. The van der Waals surface area contributed by atoms with Crippen LogP contribution in [0.3, 0.4) is 0 Å². The Morgan fingerprint density at radius 3 is 2.79 bits per heavy atom. The van der Waals surface area contributed by atoms with Crippen LogP contribution in [0.15, 0.2) is 12.1 Å². The molecule has 1 unspecified atom stereocenters. The van der Waals surface area contributed by atoms with Crippen LogP contribution >= 0.6 is 23.7 Å². The number of nitro groups is 1. The van der Waals surface area contributed by atoms with Gasteiger partial charge in [0.25, 0.3) is 5.91 Å². The predicted octanol–water partition coefficient (Wildman–Crippen LogP) is 1.54. The van der Waals surface area contributed by atoms with E-state index < -0.39 is 4.92 Å². The van der Waals surface area contributed by atoms with Crippen LogP contribution in [0.5, 0.6) is 0 Å². The third-order valence-corrected chi connectivity index (χ3v) is 4.80. The average molecular weight is 377 g/mol. The van der Waals surface area contributed by atoms with Gasteiger partial charge >= 0.3 is 5.00 Å². The molecule has 1 aliphatic rings. The van der Waals surface area contributed by atoms with E-state index >= 15 is 0 Å². The van der Waals surface area contributed by atoms with Gasteiger partial charge in [0.2, 0.25) is 5.91 Å². The molecule has 2 heterocycles. The van der Waals surface area contributed by atoms with Crippen LogP contribution < -0.4 is 11.1 Å². The second kappa shape index (κ2) is 9.55. The normalized spacial score (nSPS) is 17.0. The number of carbonyl (C=O) groups excluding carboxylic acids is 2. The zero-order chi connectivity index (χ0) is 16.8. The lowest BCUT2D eigenvalue weighted by molar-refractivity contribution is -0.380. The number of hydrogen-bond acceptors (Lipinski definition) is 6. The second-order valence-corrected chi connectivity index (χ2v) is 6.45. The number of likely N-dealkylation sites (tertiary alicyclic amines) is 1. The van der Waals surface area contributed by atoms with E-state index in [4.69, 9.17) is 5.73 Å². The first kappa shape index (κ1) is 20.3. The molecule has 2 amide bonds. The SMILES string of the molecule is Cl.NCCC(=O)NCC1CCCCN1C(=O)c1ccc([N+](=O)[O-])s1. The Morgan fingerprint density at radius 1 is 1.42 bits per heavy atom. The summed E-state index contributed by atoms with van der Waals surface area (Å²) in [6, 6.07) is 2.75. The fraction of sp³-hybridized carbons (Fsp3) is 0.571. The van der Waals surface area contributed by atoms with Crippen molar-refractivity contribution in [1.82, 2.24) is 10.2 Å². The third-order valence-electron chi connectivity index (χ3n) is 3.78. The van der Waals surface area contributed by atoms with Crippen molar-refractivity contribution < 1.29 is 14.5 Å². The minimum absolute atomic E-state index is 0. The van der Waals surface area contributed by atoms with E-state index in [1.165, 1.54) is 12.1 Å². The molecule has 0 aromatic carbocycles. The molecule has 0 spiro atoms. The first-order valence-electron chi connectivity index (χ1n) is 7.55. The Bertz CT molecular complexity index is 595. The van der Waals surface area contributed by atoms with Crippen LogP contribution in [0.25, 0.3) is 0 Å². The summed E-state index contributed by atoms with van der Waals surface area (Å²) in [5.41, 5.74) is 5.34. The van der Waals surface area contributed by atoms with Crippen LogP contribution in [-0.4, -0.2) is 47.3 Å². The summed E-state index contributed by atoms with van der Waals surface area (Å²) >= 11 is 0.883. The first-order chi connectivity index (χ1) is 11.0. The second-order valence-electron chi connectivity index (χ2n) is 5.39. The van der Waals surface area contributed by atoms with Gasteiger partial charge in [0.05, 0.1) is 9.80 Å². The summed E-state index contributed by atoms with van der Waals surface area (Å²) in [6.07, 6.45) is 2.96. The highest BCUT2D eigenvalue weighted by atomic mass is 35.5. The summed E-state index contributed by atoms with van der Waals surface area (Å²) in [7, 11) is 0. The number of carbonyl (C=O) groups is 2. The highest BCUT2D eigenvalue weighted by molar-refractivity contribution is 7.17. The van der Waals surface area contributed by atoms with Gasteiger partial charge in [0, 0.05) is 38.2 Å². The number of hydrogen-bond donors (Lipinski definition) is 2. The molecular weight excluding hydrogens is 356 g/mol. The molecule has 0 saturated carbocycles. The van der Waals surface area contributed by atoms with Gasteiger partial charge in [0.1, 0.15) is 0 Å². The Balaban J connectivity index is 0.00000288. The van der Waals surface area contributed by atoms with E-state index in [1.54, 1.807) is 4.90 Å². The third kappa shape index (κ3) is 5.15. The minimum Gasteiger partial charge on any atom is -0.354 e. The zero-order valence-corrected chi connectivity index (χ0v) is 14.7. The first-order valence-corrected chi connectivity index (χ1v) is 8.36. The Kier molecular flexibility index (Phi) is 8.09. The highest BCUT2D eigenvalue weighted by Gasteiger charge is 2.29. The van der Waals surface area contributed by atoms with Crippen molar-refractivity contribution in [2.24, 2.45) is 5.73 Å². The number of nitrogens with zero attached hydrogens (tertiary/aromatic N) is 2. The molecule has 24 heavy (non-hydrogen) atoms. The lowest BCUT2D eigenvalue weighted by Gasteiger charge is -2.35. The lowest BCUT2D eigenvalue weighted by Crippen LogP contribution is -2.49. The fourth-order valence-corrected chi connectivity index (χ4v) is 3.39. The van der Waals surface area contributed by atoms with Gasteiger partial charge in [-0.3, -0.25) is 19.7 Å². The van der Waals surface area contributed by atoms with Crippen molar-refractivity contribution in [2.45, 2.75) is 31.7 Å². The van der Waals surface area contributed by atoms with E-state index in [0.29, 0.717) is 18.0 Å². The van der Waals surface area contributed by atoms with Gasteiger partial charge in [0.15, 0.2) is 0 Å². The molecular formula is C14H21ClN4O4S. The molecule has 3 N–H and O–H groups in total. The Hall–Kier alpha value is -1.71. The maximum Gasteiger partial charge on any atom is 0.324 e. The van der Waals surface area contributed by atoms with Crippen LogP contribution in [-0.2, 0) is 4.79 Å². The number of halogens is 1. The molecule has 1 aliphatic heterocycles. The van der Waals surface area contributed by atoms with Gasteiger partial charge in [-0.05, 0) is 25.3 Å². The van der Waals surface area contributed by atoms with Crippen LogP contribution in [0.4, 0.5) is 5.00 Å². The van der Waals surface area contributed by atoms with E-state index in [9.17, 15) is 19.7 Å². The molecule has 0 bridgehead atoms. The molecule has 1 aromatic rings. The number of rotatable bonds is 6. The number of amides is 2. The standard InChI is InChI=1S/C14H20N4O4S.ClH/c15-7-6-12(19)16-9-10-3-1-2-8-17(10)14(20)11-4-5-13(23-11)18(21)22;/h4-5,10H,1-3,6-9,15H2,(H,16,19);1H. The van der Waals surface area contributed by atoms with Gasteiger partial charge in [-0.1, -0.05) is 11.3 Å². The van der Waals surface area contributed by atoms with E-state index in [1.807, 2.05) is 0 Å². The molecule has 1 fully saturated rings. The molecule has 134 valence electrons. The molecule has 0 radical (unpaired) electrons. The van der Waals surface area contributed by atoms with Crippen molar-refractivity contribution in [3.05, 3.63) is 27.1 Å². The fourth-order valence-electron chi connectivity index (χ4n) is 2.61. The lowest BCUT2D eigenvalue weighted by atomic mass is 10.0. The maximum atomic E-state index is 12.6. The number of thiophene rings is 1. The molecule has 1 atom stereocenters. The number of piperidine rings is 1. The topological polar surface area (TPSA) is 119 Å². The largest absolute Gasteiger partial charge is 0.354 e. The van der Waals surface area contributed by atoms with Crippen molar-refractivity contribution in [1.29, 1.82) is 0 Å². The summed E-state index contributed by atoms with van der Waals surface area (Å²) in [4.78, 5) is 36.5. The van der Waals surface area contributed by atoms with Crippen molar-refractivity contribution >= 4 is 40.6 Å². The molecule has 2 rings (SSSR count). The van der Waals surface area contributed by atoms with E-state index in [0.717, 1.165) is 30.6 Å². The van der Waals surface area contributed by atoms with Gasteiger partial charge in [-0.2, -0.15) is 0 Å². The molecule has 1 saturated heterocycles. The van der Waals surface area contributed by atoms with Crippen molar-refractivity contribution in [2.75, 3.05) is 19.6 Å². The smallest absolute Gasteiger partial charge is 0.324 e. The summed E-state index contributed by atoms with van der Waals surface area (Å²) in [5.74, 6) is -0.335. The van der Waals surface area contributed by atoms with Crippen LogP contribution in [0.1, 0.15) is 35.4 Å². The van der Waals surface area contributed by atoms with Gasteiger partial charge < -0.3 is 16.0 Å². The van der Waals surface area contributed by atoms with Crippen molar-refractivity contribution in [3.63, 3.8) is 0 Å². The molecule has 10 heteroatoms. The van der Waals surface area contributed by atoms with Crippen LogP contribution in [0, 0.1) is 10.1 Å². The number of nitrogens with one attached hydrogen (secondary N) is 1. The van der Waals surface area contributed by atoms with Crippen molar-refractivity contribution in [3.8, 4) is 0 Å². The molecule has 8 nitrogen and oxygen atoms in total. The quantitative estimate of drug-likeness (QED) is 0.576. The minimum atomic E-state index is -0.498. The predicted molar refractivity (Wildman–Crippen MR) is 93.6 cm³/mol. The van der Waals surface area contributed by atoms with E-state index in [2.05, 4.69) is 5.32 Å². The van der Waals surface area contributed by atoms with E-state index in [-0.39, 0.29) is 48.2 Å². The van der Waals surface area contributed by atoms with Gasteiger partial charge in [-0.25, -0.2) is 0 Å². The van der Waals surface area contributed by atoms with Gasteiger partial charge in [-0.15, -0.1) is 12.4 Å². The summed E-state index contributed by atoms with van der Waals surface area (Å²) in [5, 5.41) is 13.5. The maximum absolute atomic E-state index is 12.6.